The number of hydrogen-bond donors (Lipinski definition) is 3. The van der Waals surface area contributed by atoms with Gasteiger partial charge in [0.05, 0.1) is 0 Å². The number of carbonyl (C=O) groups excluding carboxylic acids is 2. The van der Waals surface area contributed by atoms with E-state index in [1.54, 1.807) is 26.2 Å². The lowest BCUT2D eigenvalue weighted by atomic mass is 9.93. The number of guanidine groups is 1. The number of carbonyl (C=O) groups is 2. The fourth-order valence-corrected chi connectivity index (χ4v) is 3.06. The van der Waals surface area contributed by atoms with Crippen molar-refractivity contribution < 1.29 is 9.59 Å². The van der Waals surface area contributed by atoms with Crippen molar-refractivity contribution in [3.05, 3.63) is 35.4 Å². The SMILES string of the molecule is CN=C(NCc1cccc(C(N)=O)c1)N1CCC(CC(=O)NC)CC1.I. The monoisotopic (exact) mass is 473 g/mol. The smallest absolute Gasteiger partial charge is 0.248 e. The van der Waals surface area contributed by atoms with Crippen LogP contribution in [0.25, 0.3) is 0 Å². The number of halogens is 1. The van der Waals surface area contributed by atoms with Crippen LogP contribution in [0.2, 0.25) is 0 Å². The molecule has 0 aromatic heterocycles. The molecule has 0 unspecified atom stereocenters. The summed E-state index contributed by atoms with van der Waals surface area (Å²) in [5.41, 5.74) is 6.80. The minimum absolute atomic E-state index is 0. The first-order chi connectivity index (χ1) is 12.0. The third kappa shape index (κ3) is 6.47. The number of amides is 2. The molecule has 1 aromatic carbocycles. The minimum Gasteiger partial charge on any atom is -0.366 e. The van der Waals surface area contributed by atoms with Crippen molar-refractivity contribution >= 4 is 41.8 Å². The van der Waals surface area contributed by atoms with Crippen molar-refractivity contribution in [3.8, 4) is 0 Å². The highest BCUT2D eigenvalue weighted by Gasteiger charge is 2.23. The van der Waals surface area contributed by atoms with Gasteiger partial charge in [-0.1, -0.05) is 12.1 Å². The largest absolute Gasteiger partial charge is 0.366 e. The Morgan fingerprint density at radius 1 is 1.31 bits per heavy atom. The normalized spacial score (nSPS) is 15.2. The van der Waals surface area contributed by atoms with Crippen LogP contribution in [0.4, 0.5) is 0 Å². The standard InChI is InChI=1S/C18H27N5O2.HI/c1-20-16(24)11-13-6-8-23(9-7-13)18(21-2)22-12-14-4-3-5-15(10-14)17(19)25;/h3-5,10,13H,6-9,11-12H2,1-2H3,(H2,19,25)(H,20,24)(H,21,22);1H. The second kappa shape index (κ2) is 11.0. The molecule has 1 aliphatic rings. The van der Waals surface area contributed by atoms with Crippen LogP contribution >= 0.6 is 24.0 Å². The first-order valence-electron chi connectivity index (χ1n) is 8.58. The number of nitrogens with one attached hydrogen (secondary N) is 2. The number of likely N-dealkylation sites (tertiary alicyclic amines) is 1. The number of rotatable bonds is 5. The summed E-state index contributed by atoms with van der Waals surface area (Å²) in [6.45, 7) is 2.33. The van der Waals surface area contributed by atoms with Crippen molar-refractivity contribution in [2.45, 2.75) is 25.8 Å². The number of benzene rings is 1. The van der Waals surface area contributed by atoms with Crippen LogP contribution in [-0.2, 0) is 11.3 Å². The number of nitrogens with zero attached hydrogens (tertiary/aromatic N) is 2. The summed E-state index contributed by atoms with van der Waals surface area (Å²) >= 11 is 0. The fraction of sp³-hybridized carbons (Fsp3) is 0.500. The Balaban J connectivity index is 0.00000338. The Hall–Kier alpha value is -1.84. The maximum Gasteiger partial charge on any atom is 0.248 e. The molecule has 1 heterocycles. The molecule has 4 N–H and O–H groups in total. The highest BCUT2D eigenvalue weighted by atomic mass is 127. The number of primary amides is 1. The second-order valence-corrected chi connectivity index (χ2v) is 6.27. The molecule has 1 saturated heterocycles. The number of nitrogens with two attached hydrogens (primary N) is 1. The quantitative estimate of drug-likeness (QED) is 0.341. The lowest BCUT2D eigenvalue weighted by Crippen LogP contribution is -2.45. The molecular formula is C18H28IN5O2. The third-order valence-electron chi connectivity index (χ3n) is 4.54. The maximum atomic E-state index is 11.5. The Labute approximate surface area is 171 Å². The molecule has 2 rings (SSSR count). The lowest BCUT2D eigenvalue weighted by Gasteiger charge is -2.34. The lowest BCUT2D eigenvalue weighted by molar-refractivity contribution is -0.121. The number of hydrogen-bond acceptors (Lipinski definition) is 3. The van der Waals surface area contributed by atoms with E-state index in [4.69, 9.17) is 5.73 Å². The van der Waals surface area contributed by atoms with E-state index in [-0.39, 0.29) is 29.9 Å². The summed E-state index contributed by atoms with van der Waals surface area (Å²) < 4.78 is 0. The number of piperidine rings is 1. The van der Waals surface area contributed by atoms with Gasteiger partial charge in [0.1, 0.15) is 0 Å². The van der Waals surface area contributed by atoms with Gasteiger partial charge in [0, 0.05) is 45.7 Å². The molecule has 26 heavy (non-hydrogen) atoms. The Morgan fingerprint density at radius 2 is 2.00 bits per heavy atom. The topological polar surface area (TPSA) is 99.8 Å². The zero-order chi connectivity index (χ0) is 18.2. The first-order valence-corrected chi connectivity index (χ1v) is 8.58. The molecule has 0 aliphatic carbocycles. The van der Waals surface area contributed by atoms with Crippen LogP contribution in [0.1, 0.15) is 35.2 Å². The van der Waals surface area contributed by atoms with Crippen molar-refractivity contribution in [2.24, 2.45) is 16.6 Å². The van der Waals surface area contributed by atoms with E-state index in [0.717, 1.165) is 37.5 Å². The zero-order valence-electron chi connectivity index (χ0n) is 15.3. The van der Waals surface area contributed by atoms with Gasteiger partial charge >= 0.3 is 0 Å². The molecule has 2 amide bonds. The van der Waals surface area contributed by atoms with Crippen molar-refractivity contribution in [3.63, 3.8) is 0 Å². The van der Waals surface area contributed by atoms with Crippen molar-refractivity contribution in [2.75, 3.05) is 27.2 Å². The Morgan fingerprint density at radius 3 is 2.58 bits per heavy atom. The van der Waals surface area contributed by atoms with E-state index < -0.39 is 5.91 Å². The van der Waals surface area contributed by atoms with Crippen LogP contribution in [0, 0.1) is 5.92 Å². The fourth-order valence-electron chi connectivity index (χ4n) is 3.06. The molecule has 0 atom stereocenters. The van der Waals surface area contributed by atoms with E-state index in [2.05, 4.69) is 20.5 Å². The van der Waals surface area contributed by atoms with Gasteiger partial charge in [-0.05, 0) is 36.5 Å². The molecule has 0 spiro atoms. The van der Waals surface area contributed by atoms with Gasteiger partial charge in [-0.3, -0.25) is 14.6 Å². The van der Waals surface area contributed by atoms with Gasteiger partial charge in [0.2, 0.25) is 11.8 Å². The first kappa shape index (κ1) is 22.2. The van der Waals surface area contributed by atoms with Gasteiger partial charge in [-0.2, -0.15) is 0 Å². The molecule has 0 saturated carbocycles. The van der Waals surface area contributed by atoms with E-state index in [9.17, 15) is 9.59 Å². The van der Waals surface area contributed by atoms with Gasteiger partial charge in [-0.25, -0.2) is 0 Å². The van der Waals surface area contributed by atoms with Crippen LogP contribution < -0.4 is 16.4 Å². The highest BCUT2D eigenvalue weighted by Crippen LogP contribution is 2.20. The molecule has 1 fully saturated rings. The van der Waals surface area contributed by atoms with Gasteiger partial charge in [-0.15, -0.1) is 24.0 Å². The van der Waals surface area contributed by atoms with Gasteiger partial charge in [0.25, 0.3) is 0 Å². The van der Waals surface area contributed by atoms with Crippen molar-refractivity contribution in [1.82, 2.24) is 15.5 Å². The minimum atomic E-state index is -0.426. The van der Waals surface area contributed by atoms with E-state index in [1.807, 2.05) is 12.1 Å². The van der Waals surface area contributed by atoms with Crippen LogP contribution in [-0.4, -0.2) is 49.9 Å². The van der Waals surface area contributed by atoms with Crippen LogP contribution in [0.5, 0.6) is 0 Å². The zero-order valence-corrected chi connectivity index (χ0v) is 17.7. The summed E-state index contributed by atoms with van der Waals surface area (Å²) in [5, 5.41) is 6.02. The molecule has 0 radical (unpaired) electrons. The molecule has 0 bridgehead atoms. The van der Waals surface area contributed by atoms with E-state index in [1.165, 1.54) is 0 Å². The maximum absolute atomic E-state index is 11.5. The number of aliphatic imine (C=N–C) groups is 1. The van der Waals surface area contributed by atoms with Crippen LogP contribution in [0.15, 0.2) is 29.3 Å². The molecular weight excluding hydrogens is 445 g/mol. The predicted octanol–water partition coefficient (Wildman–Crippen LogP) is 1.33. The molecule has 7 nitrogen and oxygen atoms in total. The summed E-state index contributed by atoms with van der Waals surface area (Å²) in [6.07, 6.45) is 2.55. The average Bonchev–Trinajstić information content (AvgIpc) is 2.63. The molecule has 1 aromatic rings. The third-order valence-corrected chi connectivity index (χ3v) is 4.54. The molecule has 1 aliphatic heterocycles. The van der Waals surface area contributed by atoms with Crippen LogP contribution in [0.3, 0.4) is 0 Å². The van der Waals surface area contributed by atoms with E-state index >= 15 is 0 Å². The molecule has 8 heteroatoms. The van der Waals surface area contributed by atoms with Gasteiger partial charge in [0.15, 0.2) is 5.96 Å². The molecule has 144 valence electrons. The summed E-state index contributed by atoms with van der Waals surface area (Å²) in [6, 6.07) is 7.27. The summed E-state index contributed by atoms with van der Waals surface area (Å²) in [5.74, 6) is 0.948. The Kier molecular flexibility index (Phi) is 9.39. The summed E-state index contributed by atoms with van der Waals surface area (Å²) in [7, 11) is 3.44. The Bertz CT molecular complexity index is 642. The summed E-state index contributed by atoms with van der Waals surface area (Å²) in [4.78, 5) is 29.3. The second-order valence-electron chi connectivity index (χ2n) is 6.27. The van der Waals surface area contributed by atoms with Gasteiger partial charge < -0.3 is 21.3 Å². The van der Waals surface area contributed by atoms with Crippen molar-refractivity contribution in [1.29, 1.82) is 0 Å². The predicted molar refractivity (Wildman–Crippen MR) is 114 cm³/mol. The average molecular weight is 473 g/mol. The van der Waals surface area contributed by atoms with E-state index in [0.29, 0.717) is 24.4 Å². The highest BCUT2D eigenvalue weighted by molar-refractivity contribution is 14.0.